The van der Waals surface area contributed by atoms with Crippen molar-refractivity contribution in [3.63, 3.8) is 0 Å². The third kappa shape index (κ3) is 2.94. The molecule has 0 spiro atoms. The number of carbonyl (C=O) groups excluding carboxylic acids is 1. The Bertz CT molecular complexity index is 693. The molecule has 20 heavy (non-hydrogen) atoms. The molecule has 8 heteroatoms. The lowest BCUT2D eigenvalue weighted by Gasteiger charge is -2.07. The Morgan fingerprint density at radius 1 is 1.35 bits per heavy atom. The average molecular weight is 357 g/mol. The fraction of sp³-hybridized carbons (Fsp3) is 0. The number of rotatable bonds is 3. The molecule has 102 valence electrons. The predicted molar refractivity (Wildman–Crippen MR) is 78.0 cm³/mol. The average Bonchev–Trinajstić information content (AvgIpc) is 2.41. The molecule has 0 aliphatic heterocycles. The maximum atomic E-state index is 12.1. The second-order valence-corrected chi connectivity index (χ2v) is 4.88. The summed E-state index contributed by atoms with van der Waals surface area (Å²) >= 11 is 8.94. The van der Waals surface area contributed by atoms with Gasteiger partial charge in [-0.25, -0.2) is 4.98 Å². The van der Waals surface area contributed by atoms with Crippen molar-refractivity contribution in [1.29, 1.82) is 0 Å². The van der Waals surface area contributed by atoms with Crippen LogP contribution in [0, 0.1) is 10.1 Å². The second kappa shape index (κ2) is 5.98. The first kappa shape index (κ1) is 14.4. The van der Waals surface area contributed by atoms with Crippen molar-refractivity contribution in [2.75, 3.05) is 5.32 Å². The first-order valence-corrected chi connectivity index (χ1v) is 6.52. The molecule has 0 saturated heterocycles. The van der Waals surface area contributed by atoms with Crippen molar-refractivity contribution in [2.24, 2.45) is 0 Å². The lowest BCUT2D eigenvalue weighted by Crippen LogP contribution is -2.14. The number of carbonyl (C=O) groups is 1. The molecular formula is C12H7BrClN3O3. The van der Waals surface area contributed by atoms with Crippen molar-refractivity contribution < 1.29 is 9.72 Å². The van der Waals surface area contributed by atoms with E-state index in [9.17, 15) is 14.9 Å². The van der Waals surface area contributed by atoms with Crippen LogP contribution in [0.1, 0.15) is 10.4 Å². The SMILES string of the molecule is O=C(Nc1ncccc1Cl)c1cccc([N+](=O)[O-])c1Br. The van der Waals surface area contributed by atoms with E-state index in [4.69, 9.17) is 11.6 Å². The Hall–Kier alpha value is -1.99. The number of pyridine rings is 1. The van der Waals surface area contributed by atoms with Gasteiger partial charge in [-0.1, -0.05) is 17.7 Å². The second-order valence-electron chi connectivity index (χ2n) is 3.68. The van der Waals surface area contributed by atoms with Crippen molar-refractivity contribution in [2.45, 2.75) is 0 Å². The molecule has 0 bridgehead atoms. The van der Waals surface area contributed by atoms with E-state index in [1.54, 1.807) is 12.1 Å². The van der Waals surface area contributed by atoms with E-state index in [1.807, 2.05) is 0 Å². The molecule has 2 aromatic rings. The number of hydrogen-bond donors (Lipinski definition) is 1. The van der Waals surface area contributed by atoms with Gasteiger partial charge >= 0.3 is 0 Å². The zero-order chi connectivity index (χ0) is 14.7. The van der Waals surface area contributed by atoms with Crippen molar-refractivity contribution in [3.05, 3.63) is 61.7 Å². The number of benzene rings is 1. The van der Waals surface area contributed by atoms with Crippen molar-refractivity contribution in [3.8, 4) is 0 Å². The van der Waals surface area contributed by atoms with E-state index in [1.165, 1.54) is 24.4 Å². The normalized spacial score (nSPS) is 10.1. The molecule has 0 aliphatic rings. The lowest BCUT2D eigenvalue weighted by molar-refractivity contribution is -0.385. The summed E-state index contributed by atoms with van der Waals surface area (Å²) in [7, 11) is 0. The summed E-state index contributed by atoms with van der Waals surface area (Å²) in [5.74, 6) is -0.348. The minimum atomic E-state index is -0.575. The number of amides is 1. The highest BCUT2D eigenvalue weighted by molar-refractivity contribution is 9.10. The maximum absolute atomic E-state index is 12.1. The van der Waals surface area contributed by atoms with Crippen LogP contribution in [-0.4, -0.2) is 15.8 Å². The molecule has 0 unspecified atom stereocenters. The highest BCUT2D eigenvalue weighted by Crippen LogP contribution is 2.29. The third-order valence-electron chi connectivity index (χ3n) is 2.41. The van der Waals surface area contributed by atoms with Crippen LogP contribution in [0.25, 0.3) is 0 Å². The quantitative estimate of drug-likeness (QED) is 0.672. The Kier molecular flexibility index (Phi) is 4.31. The number of nitrogens with one attached hydrogen (secondary N) is 1. The third-order valence-corrected chi connectivity index (χ3v) is 3.55. The van der Waals surface area contributed by atoms with Gasteiger partial charge in [-0.05, 0) is 34.1 Å². The van der Waals surface area contributed by atoms with Crippen LogP contribution < -0.4 is 5.32 Å². The van der Waals surface area contributed by atoms with Crippen LogP contribution in [0.15, 0.2) is 41.0 Å². The largest absolute Gasteiger partial charge is 0.305 e. The summed E-state index contributed by atoms with van der Waals surface area (Å²) in [4.78, 5) is 26.3. The highest BCUT2D eigenvalue weighted by atomic mass is 79.9. The minimum absolute atomic E-state index is 0.106. The molecule has 6 nitrogen and oxygen atoms in total. The Morgan fingerprint density at radius 2 is 2.10 bits per heavy atom. The number of halogens is 2. The molecule has 1 N–H and O–H groups in total. The fourth-order valence-corrected chi connectivity index (χ4v) is 2.25. The number of nitrogens with zero attached hydrogens (tertiary/aromatic N) is 2. The standard InChI is InChI=1S/C12H7BrClN3O3/c13-10-7(3-1-5-9(10)17(19)20)12(18)16-11-8(14)4-2-6-15-11/h1-6H,(H,15,16,18). The van der Waals surface area contributed by atoms with Crippen LogP contribution in [0.2, 0.25) is 5.02 Å². The summed E-state index contributed by atoms with van der Waals surface area (Å²) < 4.78 is 0.106. The Balaban J connectivity index is 2.33. The molecule has 0 atom stereocenters. The Morgan fingerprint density at radius 3 is 2.75 bits per heavy atom. The molecule has 2 rings (SSSR count). The summed E-state index contributed by atoms with van der Waals surface area (Å²) in [5, 5.41) is 13.6. The zero-order valence-corrected chi connectivity index (χ0v) is 12.2. The van der Waals surface area contributed by atoms with E-state index in [0.29, 0.717) is 0 Å². The number of hydrogen-bond acceptors (Lipinski definition) is 4. The van der Waals surface area contributed by atoms with Gasteiger partial charge in [0.1, 0.15) is 4.47 Å². The summed E-state index contributed by atoms with van der Waals surface area (Å²) in [5.41, 5.74) is -0.0642. The van der Waals surface area contributed by atoms with Gasteiger partial charge in [-0.15, -0.1) is 0 Å². The van der Waals surface area contributed by atoms with Crippen LogP contribution in [0.4, 0.5) is 11.5 Å². The van der Waals surface area contributed by atoms with Gasteiger partial charge < -0.3 is 5.32 Å². The molecule has 1 aromatic heterocycles. The van der Waals surface area contributed by atoms with Gasteiger partial charge in [0.25, 0.3) is 11.6 Å². The van der Waals surface area contributed by atoms with Crippen LogP contribution in [0.3, 0.4) is 0 Å². The monoisotopic (exact) mass is 355 g/mol. The topological polar surface area (TPSA) is 85.1 Å². The van der Waals surface area contributed by atoms with Gasteiger partial charge in [0, 0.05) is 12.3 Å². The fourth-order valence-electron chi connectivity index (χ4n) is 1.49. The number of anilines is 1. The summed E-state index contributed by atoms with van der Waals surface area (Å²) in [6.07, 6.45) is 1.48. The lowest BCUT2D eigenvalue weighted by atomic mass is 10.2. The van der Waals surface area contributed by atoms with Gasteiger partial charge in [-0.2, -0.15) is 0 Å². The minimum Gasteiger partial charge on any atom is -0.305 e. The molecule has 1 aromatic carbocycles. The van der Waals surface area contributed by atoms with Gasteiger partial charge in [0.2, 0.25) is 0 Å². The van der Waals surface area contributed by atoms with Crippen LogP contribution in [0.5, 0.6) is 0 Å². The molecule has 0 saturated carbocycles. The zero-order valence-electron chi connectivity index (χ0n) is 9.84. The smallest absolute Gasteiger partial charge is 0.284 e. The Labute approximate surface area is 127 Å². The predicted octanol–water partition coefficient (Wildman–Crippen LogP) is 3.66. The first-order chi connectivity index (χ1) is 9.50. The van der Waals surface area contributed by atoms with Crippen LogP contribution in [-0.2, 0) is 0 Å². The van der Waals surface area contributed by atoms with Gasteiger partial charge in [0.05, 0.1) is 15.5 Å². The number of nitro benzene ring substituents is 1. The van der Waals surface area contributed by atoms with Crippen molar-refractivity contribution >= 4 is 44.9 Å². The summed E-state index contributed by atoms with van der Waals surface area (Å²) in [6, 6.07) is 7.39. The van der Waals surface area contributed by atoms with Crippen molar-refractivity contribution in [1.82, 2.24) is 4.98 Å². The summed E-state index contributed by atoms with van der Waals surface area (Å²) in [6.45, 7) is 0. The van der Waals surface area contributed by atoms with E-state index in [0.717, 1.165) is 0 Å². The molecule has 1 heterocycles. The first-order valence-electron chi connectivity index (χ1n) is 5.35. The van der Waals surface area contributed by atoms with E-state index < -0.39 is 10.8 Å². The molecule has 0 radical (unpaired) electrons. The van der Waals surface area contributed by atoms with Gasteiger partial charge in [-0.3, -0.25) is 14.9 Å². The number of nitro groups is 1. The maximum Gasteiger partial charge on any atom is 0.284 e. The highest BCUT2D eigenvalue weighted by Gasteiger charge is 2.20. The van der Waals surface area contributed by atoms with Gasteiger partial charge in [0.15, 0.2) is 5.82 Å². The van der Waals surface area contributed by atoms with E-state index in [2.05, 4.69) is 26.2 Å². The molecule has 0 fully saturated rings. The molecule has 1 amide bonds. The van der Waals surface area contributed by atoms with E-state index in [-0.39, 0.29) is 26.6 Å². The number of aromatic nitrogens is 1. The molecule has 0 aliphatic carbocycles. The van der Waals surface area contributed by atoms with E-state index >= 15 is 0 Å². The molecular weight excluding hydrogens is 350 g/mol. The van der Waals surface area contributed by atoms with Crippen LogP contribution >= 0.6 is 27.5 Å².